The van der Waals surface area contributed by atoms with E-state index < -0.39 is 11.7 Å². The van der Waals surface area contributed by atoms with Crippen LogP contribution in [0.15, 0.2) is 35.4 Å². The third-order valence-electron chi connectivity index (χ3n) is 3.51. The minimum absolute atomic E-state index is 0.100. The largest absolute Gasteiger partial charge is 0.444 e. The first-order valence-electron chi connectivity index (χ1n) is 8.32. The monoisotopic (exact) mass is 357 g/mol. The summed E-state index contributed by atoms with van der Waals surface area (Å²) < 4.78 is 6.80. The molecular formula is C19H23N3O4. The fourth-order valence-electron chi connectivity index (χ4n) is 2.36. The van der Waals surface area contributed by atoms with E-state index >= 15 is 0 Å². The zero-order valence-electron chi connectivity index (χ0n) is 15.6. The number of pyridine rings is 2. The molecule has 1 amide bonds. The second-order valence-electron chi connectivity index (χ2n) is 6.85. The lowest BCUT2D eigenvalue weighted by molar-refractivity contribution is 0.0636. The van der Waals surface area contributed by atoms with Gasteiger partial charge in [-0.25, -0.2) is 4.79 Å². The molecule has 0 aliphatic rings. The molecule has 0 atom stereocenters. The van der Waals surface area contributed by atoms with E-state index in [4.69, 9.17) is 4.74 Å². The van der Waals surface area contributed by atoms with Crippen molar-refractivity contribution in [3.63, 3.8) is 0 Å². The highest BCUT2D eigenvalue weighted by molar-refractivity contribution is 6.01. The molecular weight excluding hydrogens is 334 g/mol. The van der Waals surface area contributed by atoms with Gasteiger partial charge in [-0.1, -0.05) is 0 Å². The molecule has 0 unspecified atom stereocenters. The molecule has 2 aromatic heterocycles. The van der Waals surface area contributed by atoms with Gasteiger partial charge in [-0.15, -0.1) is 0 Å². The number of hydrogen-bond donors (Lipinski definition) is 1. The number of carbonyl (C=O) groups is 2. The molecule has 7 heteroatoms. The first-order valence-corrected chi connectivity index (χ1v) is 8.32. The minimum Gasteiger partial charge on any atom is -0.444 e. The summed E-state index contributed by atoms with van der Waals surface area (Å²) in [6.45, 7) is 9.04. The van der Waals surface area contributed by atoms with Gasteiger partial charge in [-0.3, -0.25) is 19.9 Å². The first-order chi connectivity index (χ1) is 12.1. The molecule has 0 aliphatic heterocycles. The molecule has 2 heterocycles. The van der Waals surface area contributed by atoms with Gasteiger partial charge in [0.1, 0.15) is 11.3 Å². The van der Waals surface area contributed by atoms with Gasteiger partial charge in [0.25, 0.3) is 5.56 Å². The predicted octanol–water partition coefficient (Wildman–Crippen LogP) is 3.48. The maximum atomic E-state index is 12.1. The molecule has 0 saturated heterocycles. The number of Topliss-reactive ketones (excluding diaryl/α,β-unsaturated/α-hetero) is 1. The van der Waals surface area contributed by atoms with Gasteiger partial charge in [-0.2, -0.15) is 0 Å². The Balaban J connectivity index is 2.44. The third kappa shape index (κ3) is 4.78. The molecule has 1 N–H and O–H groups in total. The summed E-state index contributed by atoms with van der Waals surface area (Å²) >= 11 is 0. The van der Waals surface area contributed by atoms with E-state index in [0.29, 0.717) is 12.1 Å². The van der Waals surface area contributed by atoms with E-state index in [9.17, 15) is 14.4 Å². The Morgan fingerprint density at radius 3 is 2.50 bits per heavy atom. The highest BCUT2D eigenvalue weighted by Crippen LogP contribution is 2.24. The van der Waals surface area contributed by atoms with E-state index in [-0.39, 0.29) is 22.7 Å². The zero-order valence-corrected chi connectivity index (χ0v) is 15.6. The number of ketones is 1. The van der Waals surface area contributed by atoms with Gasteiger partial charge in [0, 0.05) is 37.5 Å². The number of carbonyl (C=O) groups excluding carboxylic acids is 2. The number of amides is 1. The summed E-state index contributed by atoms with van der Waals surface area (Å²) in [5, 5.41) is 2.59. The van der Waals surface area contributed by atoms with Gasteiger partial charge in [0.15, 0.2) is 5.78 Å². The molecule has 0 spiro atoms. The molecule has 138 valence electrons. The highest BCUT2D eigenvalue weighted by Gasteiger charge is 2.19. The second-order valence-corrected chi connectivity index (χ2v) is 6.85. The lowest BCUT2D eigenvalue weighted by Crippen LogP contribution is -2.27. The average molecular weight is 357 g/mol. The molecule has 0 radical (unpaired) electrons. The van der Waals surface area contributed by atoms with Gasteiger partial charge in [0.05, 0.1) is 5.69 Å². The first kappa shape index (κ1) is 19.4. The molecule has 0 bridgehead atoms. The summed E-state index contributed by atoms with van der Waals surface area (Å²) in [4.78, 5) is 39.8. The lowest BCUT2D eigenvalue weighted by atomic mass is 10.1. The number of rotatable bonds is 4. The lowest BCUT2D eigenvalue weighted by Gasteiger charge is -2.20. The van der Waals surface area contributed by atoms with Crippen LogP contribution in [0.25, 0.3) is 11.1 Å². The van der Waals surface area contributed by atoms with Crippen LogP contribution in [0.3, 0.4) is 0 Å². The quantitative estimate of drug-likeness (QED) is 0.846. The maximum Gasteiger partial charge on any atom is 0.412 e. The summed E-state index contributed by atoms with van der Waals surface area (Å²) in [5.74, 6) is -0.277. The Bertz CT molecular complexity index is 894. The van der Waals surface area contributed by atoms with Crippen molar-refractivity contribution in [1.82, 2.24) is 9.55 Å². The SMILES string of the molecule is CCn1cc(-c2cnc(C(C)=O)c(NC(=O)OC(C)(C)C)c2)ccc1=O. The van der Waals surface area contributed by atoms with Crippen molar-refractivity contribution in [2.45, 2.75) is 46.8 Å². The molecule has 7 nitrogen and oxygen atoms in total. The number of nitrogens with zero attached hydrogens (tertiary/aromatic N) is 2. The molecule has 0 fully saturated rings. The minimum atomic E-state index is -0.669. The van der Waals surface area contributed by atoms with Crippen LogP contribution in [-0.2, 0) is 11.3 Å². The number of nitrogens with one attached hydrogen (secondary N) is 1. The van der Waals surface area contributed by atoms with Crippen LogP contribution in [-0.4, -0.2) is 27.0 Å². The number of ether oxygens (including phenoxy) is 1. The highest BCUT2D eigenvalue weighted by atomic mass is 16.6. The fourth-order valence-corrected chi connectivity index (χ4v) is 2.36. The molecule has 2 rings (SSSR count). The molecule has 0 aromatic carbocycles. The molecule has 0 aliphatic carbocycles. The van der Waals surface area contributed by atoms with Crippen molar-refractivity contribution >= 4 is 17.6 Å². The van der Waals surface area contributed by atoms with Gasteiger partial charge in [0.2, 0.25) is 0 Å². The van der Waals surface area contributed by atoms with Crippen molar-refractivity contribution in [2.24, 2.45) is 0 Å². The summed E-state index contributed by atoms with van der Waals surface area (Å²) in [6.07, 6.45) is 2.58. The van der Waals surface area contributed by atoms with Crippen LogP contribution >= 0.6 is 0 Å². The summed E-state index contributed by atoms with van der Waals surface area (Å²) in [7, 11) is 0. The van der Waals surface area contributed by atoms with E-state index in [1.54, 1.807) is 43.7 Å². The van der Waals surface area contributed by atoms with E-state index in [2.05, 4.69) is 10.3 Å². The average Bonchev–Trinajstić information content (AvgIpc) is 2.53. The van der Waals surface area contributed by atoms with Crippen molar-refractivity contribution < 1.29 is 14.3 Å². The molecule has 2 aromatic rings. The predicted molar refractivity (Wildman–Crippen MR) is 99.5 cm³/mol. The topological polar surface area (TPSA) is 90.3 Å². The number of hydrogen-bond acceptors (Lipinski definition) is 5. The zero-order chi connectivity index (χ0) is 19.5. The Kier molecular flexibility index (Phi) is 5.59. The Hall–Kier alpha value is -2.96. The standard InChI is InChI=1S/C19H23N3O4/c1-6-22-11-13(7-8-16(22)24)14-9-15(17(12(2)23)20-10-14)21-18(25)26-19(3,4)5/h7-11H,6H2,1-5H3,(H,21,25). The third-order valence-corrected chi connectivity index (χ3v) is 3.51. The summed E-state index contributed by atoms with van der Waals surface area (Å²) in [6, 6.07) is 4.79. The number of aryl methyl sites for hydroxylation is 1. The van der Waals surface area contributed by atoms with Crippen LogP contribution in [0.4, 0.5) is 10.5 Å². The van der Waals surface area contributed by atoms with Crippen LogP contribution in [0, 0.1) is 0 Å². The molecule has 26 heavy (non-hydrogen) atoms. The number of anilines is 1. The number of aromatic nitrogens is 2. The van der Waals surface area contributed by atoms with Crippen LogP contribution in [0.1, 0.15) is 45.1 Å². The van der Waals surface area contributed by atoms with Gasteiger partial charge < -0.3 is 9.30 Å². The van der Waals surface area contributed by atoms with E-state index in [1.807, 2.05) is 6.92 Å². The summed E-state index contributed by atoms with van der Waals surface area (Å²) in [5.41, 5.74) is 1.06. The van der Waals surface area contributed by atoms with Gasteiger partial charge >= 0.3 is 6.09 Å². The normalized spacial score (nSPS) is 11.1. The van der Waals surface area contributed by atoms with Crippen LogP contribution in [0.2, 0.25) is 0 Å². The van der Waals surface area contributed by atoms with Crippen molar-refractivity contribution in [2.75, 3.05) is 5.32 Å². The van der Waals surface area contributed by atoms with Crippen molar-refractivity contribution in [1.29, 1.82) is 0 Å². The van der Waals surface area contributed by atoms with Gasteiger partial charge in [-0.05, 0) is 45.4 Å². The van der Waals surface area contributed by atoms with Crippen molar-refractivity contribution in [3.05, 3.63) is 46.6 Å². The van der Waals surface area contributed by atoms with Crippen LogP contribution < -0.4 is 10.9 Å². The van der Waals surface area contributed by atoms with E-state index in [1.165, 1.54) is 19.2 Å². The Morgan fingerprint density at radius 1 is 1.23 bits per heavy atom. The van der Waals surface area contributed by atoms with E-state index in [0.717, 1.165) is 5.56 Å². The van der Waals surface area contributed by atoms with Crippen LogP contribution in [0.5, 0.6) is 0 Å². The maximum absolute atomic E-state index is 12.1. The Labute approximate surface area is 152 Å². The Morgan fingerprint density at radius 2 is 1.92 bits per heavy atom. The fraction of sp³-hybridized carbons (Fsp3) is 0.368. The molecule has 0 saturated carbocycles. The smallest absolute Gasteiger partial charge is 0.412 e. The van der Waals surface area contributed by atoms with Crippen molar-refractivity contribution in [3.8, 4) is 11.1 Å². The second kappa shape index (κ2) is 7.51.